The zero-order valence-corrected chi connectivity index (χ0v) is 8.53. The van der Waals surface area contributed by atoms with E-state index in [0.29, 0.717) is 19.1 Å². The molecule has 0 aromatic rings. The summed E-state index contributed by atoms with van der Waals surface area (Å²) in [6.07, 6.45) is 0.188. The summed E-state index contributed by atoms with van der Waals surface area (Å²) in [4.78, 5) is 0. The van der Waals surface area contributed by atoms with Crippen molar-refractivity contribution in [3.05, 3.63) is 0 Å². The summed E-state index contributed by atoms with van der Waals surface area (Å²) in [5.74, 6) is 0.354. The van der Waals surface area contributed by atoms with E-state index in [1.165, 1.54) is 0 Å². The van der Waals surface area contributed by atoms with Crippen molar-refractivity contribution in [3.63, 3.8) is 0 Å². The molecule has 0 aliphatic carbocycles. The smallest absolute Gasteiger partial charge is 0.112 e. The van der Waals surface area contributed by atoms with E-state index in [-0.39, 0.29) is 18.2 Å². The topological polar surface area (TPSA) is 27.7 Å². The minimum Gasteiger partial charge on any atom is -0.382 e. The Kier molecular flexibility index (Phi) is 4.23. The Bertz CT molecular complexity index is 154. The average Bonchev–Trinajstić information content (AvgIpc) is 2.32. The molecule has 0 N–H and O–H groups in total. The van der Waals surface area contributed by atoms with Gasteiger partial charge in [0.15, 0.2) is 0 Å². The minimum atomic E-state index is -0.290. The summed E-state index contributed by atoms with van der Waals surface area (Å²) in [6, 6.07) is -0.290. The normalized spacial score (nSPS) is 39.6. The van der Waals surface area contributed by atoms with E-state index in [9.17, 15) is 0 Å². The molecule has 0 bridgehead atoms. The maximum atomic E-state index is 5.75. The van der Waals surface area contributed by atoms with Crippen LogP contribution in [0.1, 0.15) is 13.8 Å². The molecule has 1 aliphatic heterocycles. The van der Waals surface area contributed by atoms with Crippen molar-refractivity contribution < 1.29 is 14.2 Å². The van der Waals surface area contributed by atoms with Crippen LogP contribution in [0.4, 0.5) is 0 Å². The molecule has 1 fully saturated rings. The van der Waals surface area contributed by atoms with Gasteiger partial charge in [0.05, 0.1) is 25.4 Å². The maximum Gasteiger partial charge on any atom is 0.112 e. The Hall–Kier alpha value is -0.0551. The van der Waals surface area contributed by atoms with Crippen molar-refractivity contribution in [1.29, 1.82) is 0 Å². The van der Waals surface area contributed by atoms with Gasteiger partial charge in [0.25, 0.3) is 0 Å². The molecule has 3 nitrogen and oxygen atoms in total. The van der Waals surface area contributed by atoms with Crippen LogP contribution in [0.25, 0.3) is 0 Å². The Morgan fingerprint density at radius 3 is 2.46 bits per heavy atom. The van der Waals surface area contributed by atoms with Gasteiger partial charge in [0.1, 0.15) is 7.85 Å². The van der Waals surface area contributed by atoms with Gasteiger partial charge >= 0.3 is 0 Å². The number of methoxy groups -OCH3 is 1. The zero-order valence-electron chi connectivity index (χ0n) is 8.53. The molecule has 2 radical (unpaired) electrons. The van der Waals surface area contributed by atoms with Gasteiger partial charge in [-0.2, -0.15) is 0 Å². The molecule has 1 heterocycles. The Labute approximate surface area is 81.1 Å². The number of hydrogen-bond acceptors (Lipinski definition) is 3. The van der Waals surface area contributed by atoms with E-state index in [1.807, 2.05) is 6.92 Å². The van der Waals surface area contributed by atoms with Crippen molar-refractivity contribution in [2.75, 3.05) is 20.3 Å². The molecule has 0 saturated carbocycles. The van der Waals surface area contributed by atoms with Crippen LogP contribution in [0.5, 0.6) is 0 Å². The molecule has 0 aromatic heterocycles. The first-order chi connectivity index (χ1) is 6.16. The molecule has 1 saturated heterocycles. The molecule has 3 unspecified atom stereocenters. The molecule has 13 heavy (non-hydrogen) atoms. The van der Waals surface area contributed by atoms with Gasteiger partial charge in [-0.15, -0.1) is 0 Å². The predicted octanol–water partition coefficient (Wildman–Crippen LogP) is 0.567. The summed E-state index contributed by atoms with van der Waals surface area (Å²) in [6.45, 7) is 5.29. The van der Waals surface area contributed by atoms with Crippen LogP contribution in [0.15, 0.2) is 0 Å². The lowest BCUT2D eigenvalue weighted by atomic mass is 9.89. The molecule has 74 valence electrons. The standard InChI is InChI=1S/C9H17BO3/c1-6-7(2)13-9(10)8(6)12-5-4-11-3/h6-9H,4-5H2,1-3H3/t6-,7?,8?,9?/m1/s1. The fourth-order valence-corrected chi connectivity index (χ4v) is 1.53. The van der Waals surface area contributed by atoms with Crippen LogP contribution < -0.4 is 0 Å². The van der Waals surface area contributed by atoms with E-state index in [1.54, 1.807) is 7.11 Å². The number of rotatable bonds is 4. The number of hydrogen-bond donors (Lipinski definition) is 0. The van der Waals surface area contributed by atoms with Crippen LogP contribution in [-0.2, 0) is 14.2 Å². The number of ether oxygens (including phenoxy) is 3. The Balaban J connectivity index is 2.31. The summed E-state index contributed by atoms with van der Waals surface area (Å²) >= 11 is 0. The lowest BCUT2D eigenvalue weighted by Gasteiger charge is -2.19. The Morgan fingerprint density at radius 1 is 1.31 bits per heavy atom. The highest BCUT2D eigenvalue weighted by Crippen LogP contribution is 2.27. The first kappa shape index (κ1) is 11.0. The zero-order chi connectivity index (χ0) is 9.84. The van der Waals surface area contributed by atoms with E-state index in [2.05, 4.69) is 6.92 Å². The first-order valence-corrected chi connectivity index (χ1v) is 4.68. The van der Waals surface area contributed by atoms with Gasteiger partial charge in [-0.1, -0.05) is 6.92 Å². The second-order valence-electron chi connectivity index (χ2n) is 3.49. The third-order valence-corrected chi connectivity index (χ3v) is 2.55. The van der Waals surface area contributed by atoms with Crippen LogP contribution in [0.2, 0.25) is 0 Å². The second-order valence-corrected chi connectivity index (χ2v) is 3.49. The van der Waals surface area contributed by atoms with Crippen LogP contribution in [-0.4, -0.2) is 46.4 Å². The van der Waals surface area contributed by atoms with Crippen molar-refractivity contribution in [1.82, 2.24) is 0 Å². The van der Waals surface area contributed by atoms with Gasteiger partial charge in [-0.25, -0.2) is 0 Å². The third kappa shape index (κ3) is 2.69. The fourth-order valence-electron chi connectivity index (χ4n) is 1.53. The van der Waals surface area contributed by atoms with Gasteiger partial charge < -0.3 is 14.2 Å². The highest BCUT2D eigenvalue weighted by molar-refractivity contribution is 6.11. The van der Waals surface area contributed by atoms with Gasteiger partial charge in [0.2, 0.25) is 0 Å². The molecule has 0 aromatic carbocycles. The molecule has 4 heteroatoms. The van der Waals surface area contributed by atoms with E-state index in [4.69, 9.17) is 22.1 Å². The molecule has 0 amide bonds. The first-order valence-electron chi connectivity index (χ1n) is 4.68. The third-order valence-electron chi connectivity index (χ3n) is 2.55. The molecular weight excluding hydrogens is 167 g/mol. The van der Waals surface area contributed by atoms with E-state index >= 15 is 0 Å². The highest BCUT2D eigenvalue weighted by atomic mass is 16.6. The van der Waals surface area contributed by atoms with Crippen LogP contribution in [0.3, 0.4) is 0 Å². The minimum absolute atomic E-state index is 0.00477. The largest absolute Gasteiger partial charge is 0.382 e. The quantitative estimate of drug-likeness (QED) is 0.472. The molecule has 0 spiro atoms. The van der Waals surface area contributed by atoms with Gasteiger partial charge in [-0.3, -0.25) is 0 Å². The van der Waals surface area contributed by atoms with Gasteiger partial charge in [-0.05, 0) is 6.92 Å². The van der Waals surface area contributed by atoms with Crippen molar-refractivity contribution in [3.8, 4) is 0 Å². The molecule has 1 rings (SSSR count). The SMILES string of the molecule is [B]C1OC(C)[C@@H](C)C1OCCOC. The predicted molar refractivity (Wildman–Crippen MR) is 50.9 cm³/mol. The van der Waals surface area contributed by atoms with Gasteiger partial charge in [0, 0.05) is 19.0 Å². The summed E-state index contributed by atoms with van der Waals surface area (Å²) in [7, 11) is 7.41. The maximum absolute atomic E-state index is 5.75. The van der Waals surface area contributed by atoms with Crippen molar-refractivity contribution in [2.24, 2.45) is 5.92 Å². The van der Waals surface area contributed by atoms with Crippen LogP contribution in [0, 0.1) is 5.92 Å². The van der Waals surface area contributed by atoms with E-state index in [0.717, 1.165) is 0 Å². The van der Waals surface area contributed by atoms with Crippen molar-refractivity contribution >= 4 is 7.85 Å². The van der Waals surface area contributed by atoms with Crippen LogP contribution >= 0.6 is 0 Å². The second kappa shape index (κ2) is 4.98. The fraction of sp³-hybridized carbons (Fsp3) is 1.00. The Morgan fingerprint density at radius 2 is 2.00 bits per heavy atom. The average molecular weight is 184 g/mol. The highest BCUT2D eigenvalue weighted by Gasteiger charge is 2.36. The molecule has 1 aliphatic rings. The van der Waals surface area contributed by atoms with Crippen molar-refractivity contribution in [2.45, 2.75) is 32.1 Å². The van der Waals surface area contributed by atoms with E-state index < -0.39 is 0 Å². The lowest BCUT2D eigenvalue weighted by molar-refractivity contribution is -0.0107. The lowest BCUT2D eigenvalue weighted by Crippen LogP contribution is -2.30. The molecular formula is C9H17BO3. The summed E-state index contributed by atoms with van der Waals surface area (Å²) in [5, 5.41) is 0. The summed E-state index contributed by atoms with van der Waals surface area (Å²) in [5.41, 5.74) is 0. The monoisotopic (exact) mass is 184 g/mol. The molecule has 4 atom stereocenters. The summed E-state index contributed by atoms with van der Waals surface area (Å²) < 4.78 is 15.9.